The van der Waals surface area contributed by atoms with Crippen molar-refractivity contribution in [3.8, 4) is 0 Å². The normalized spacial score (nSPS) is 9.92. The molecule has 3 amide bonds. The van der Waals surface area contributed by atoms with E-state index in [0.29, 0.717) is 18.8 Å². The van der Waals surface area contributed by atoms with Gasteiger partial charge in [-0.25, -0.2) is 4.79 Å². The number of anilines is 1. The van der Waals surface area contributed by atoms with Gasteiger partial charge < -0.3 is 20.4 Å². The summed E-state index contributed by atoms with van der Waals surface area (Å²) < 4.78 is 5.05. The summed E-state index contributed by atoms with van der Waals surface area (Å²) in [5.41, 5.74) is 2.67. The Morgan fingerprint density at radius 1 is 1.12 bits per heavy atom. The molecule has 1 aromatic heterocycles. The molecule has 0 spiro atoms. The van der Waals surface area contributed by atoms with Crippen LogP contribution >= 0.6 is 0 Å². The number of urea groups is 1. The summed E-state index contributed by atoms with van der Waals surface area (Å²) in [5, 5.41) is 8.26. The quantitative estimate of drug-likeness (QED) is 0.712. The zero-order valence-corrected chi connectivity index (χ0v) is 13.8. The Hall–Kier alpha value is -3.02. The van der Waals surface area contributed by atoms with Crippen LogP contribution in [0.25, 0.3) is 0 Å². The van der Waals surface area contributed by atoms with Crippen molar-refractivity contribution in [2.45, 2.75) is 20.4 Å². The predicted molar refractivity (Wildman–Crippen MR) is 92.8 cm³/mol. The maximum Gasteiger partial charge on any atom is 0.315 e. The highest BCUT2D eigenvalue weighted by molar-refractivity contribution is 6.02. The number of nitrogens with one attached hydrogen (secondary N) is 3. The summed E-state index contributed by atoms with van der Waals surface area (Å²) in [6.07, 6.45) is 3.38. The zero-order chi connectivity index (χ0) is 17.4. The fourth-order valence-electron chi connectivity index (χ4n) is 1.95. The van der Waals surface area contributed by atoms with Crippen molar-refractivity contribution in [2.75, 3.05) is 11.9 Å². The number of amides is 3. The monoisotopic (exact) mass is 327 g/mol. The first-order chi connectivity index (χ1) is 11.5. The SMILES string of the molecule is CC(C)=CCNC(=O)NCc1cccc(NC(=O)c2ccco2)c1. The molecular weight excluding hydrogens is 306 g/mol. The Balaban J connectivity index is 1.85. The van der Waals surface area contributed by atoms with Crippen molar-refractivity contribution in [3.63, 3.8) is 0 Å². The molecule has 0 saturated carbocycles. The minimum atomic E-state index is -0.315. The standard InChI is InChI=1S/C18H21N3O3/c1-13(2)8-9-19-18(23)20-12-14-5-3-6-15(11-14)21-17(22)16-7-4-10-24-16/h3-8,10-11H,9,12H2,1-2H3,(H,21,22)(H2,19,20,23). The van der Waals surface area contributed by atoms with E-state index < -0.39 is 0 Å². The molecule has 1 heterocycles. The Labute approximate surface area is 140 Å². The summed E-state index contributed by atoms with van der Waals surface area (Å²) in [5.74, 6) is -0.0678. The van der Waals surface area contributed by atoms with Crippen molar-refractivity contribution in [1.82, 2.24) is 10.6 Å². The number of allylic oxidation sites excluding steroid dienone is 1. The summed E-state index contributed by atoms with van der Waals surface area (Å²) in [6.45, 7) is 4.81. The van der Waals surface area contributed by atoms with E-state index in [1.54, 1.807) is 24.3 Å². The third-order valence-electron chi connectivity index (χ3n) is 3.16. The lowest BCUT2D eigenvalue weighted by molar-refractivity contribution is 0.0996. The van der Waals surface area contributed by atoms with E-state index in [2.05, 4.69) is 16.0 Å². The van der Waals surface area contributed by atoms with E-state index in [0.717, 1.165) is 11.1 Å². The number of benzene rings is 1. The molecule has 0 atom stereocenters. The fraction of sp³-hybridized carbons (Fsp3) is 0.222. The van der Waals surface area contributed by atoms with Crippen molar-refractivity contribution in [3.05, 3.63) is 65.6 Å². The topological polar surface area (TPSA) is 83.4 Å². The lowest BCUT2D eigenvalue weighted by Gasteiger charge is -2.08. The van der Waals surface area contributed by atoms with Gasteiger partial charge in [-0.2, -0.15) is 0 Å². The van der Waals surface area contributed by atoms with Gasteiger partial charge in [-0.1, -0.05) is 23.8 Å². The van der Waals surface area contributed by atoms with Gasteiger partial charge in [0, 0.05) is 18.8 Å². The molecule has 0 aliphatic heterocycles. The molecule has 1 aromatic carbocycles. The molecule has 0 bridgehead atoms. The molecule has 0 aliphatic carbocycles. The third-order valence-corrected chi connectivity index (χ3v) is 3.16. The van der Waals surface area contributed by atoms with Crippen LogP contribution in [-0.4, -0.2) is 18.5 Å². The van der Waals surface area contributed by atoms with Crippen molar-refractivity contribution in [1.29, 1.82) is 0 Å². The number of hydrogen-bond acceptors (Lipinski definition) is 3. The molecule has 3 N–H and O–H groups in total. The number of hydrogen-bond donors (Lipinski definition) is 3. The molecule has 0 aliphatic rings. The lowest BCUT2D eigenvalue weighted by Crippen LogP contribution is -2.35. The number of furan rings is 1. The van der Waals surface area contributed by atoms with Gasteiger partial charge in [-0.15, -0.1) is 0 Å². The number of carbonyl (C=O) groups excluding carboxylic acids is 2. The molecule has 6 heteroatoms. The lowest BCUT2D eigenvalue weighted by atomic mass is 10.2. The molecule has 2 rings (SSSR count). The van der Waals surface area contributed by atoms with Crippen LogP contribution in [0.5, 0.6) is 0 Å². The van der Waals surface area contributed by atoms with Gasteiger partial charge in [0.2, 0.25) is 0 Å². The van der Waals surface area contributed by atoms with Crippen molar-refractivity contribution in [2.24, 2.45) is 0 Å². The molecule has 0 fully saturated rings. The molecule has 126 valence electrons. The fourth-order valence-corrected chi connectivity index (χ4v) is 1.95. The summed E-state index contributed by atoms with van der Waals surface area (Å²) in [6, 6.07) is 10.3. The third kappa shape index (κ3) is 5.64. The van der Waals surface area contributed by atoms with Crippen LogP contribution in [-0.2, 0) is 6.54 Å². The number of carbonyl (C=O) groups is 2. The molecule has 2 aromatic rings. The van der Waals surface area contributed by atoms with Crippen LogP contribution in [0.2, 0.25) is 0 Å². The van der Waals surface area contributed by atoms with E-state index in [9.17, 15) is 9.59 Å². The second kappa shape index (κ2) is 8.57. The highest BCUT2D eigenvalue weighted by atomic mass is 16.3. The summed E-state index contributed by atoms with van der Waals surface area (Å²) in [4.78, 5) is 23.6. The molecule has 0 radical (unpaired) electrons. The van der Waals surface area contributed by atoms with Gasteiger partial charge in [0.05, 0.1) is 6.26 Å². The maximum absolute atomic E-state index is 11.9. The van der Waals surface area contributed by atoms with Crippen LogP contribution in [0.3, 0.4) is 0 Å². The van der Waals surface area contributed by atoms with Crippen LogP contribution in [0.1, 0.15) is 30.0 Å². The highest BCUT2D eigenvalue weighted by Crippen LogP contribution is 2.12. The van der Waals surface area contributed by atoms with Gasteiger partial charge in [-0.3, -0.25) is 4.79 Å². The second-order valence-electron chi connectivity index (χ2n) is 5.48. The minimum absolute atomic E-state index is 0.238. The van der Waals surface area contributed by atoms with Gasteiger partial charge in [0.1, 0.15) is 0 Å². The Morgan fingerprint density at radius 3 is 2.67 bits per heavy atom. The molecule has 0 unspecified atom stereocenters. The summed E-state index contributed by atoms with van der Waals surface area (Å²) in [7, 11) is 0. The first-order valence-corrected chi connectivity index (χ1v) is 7.63. The predicted octanol–water partition coefficient (Wildman–Crippen LogP) is 3.30. The van der Waals surface area contributed by atoms with Crippen LogP contribution in [0, 0.1) is 0 Å². The molecular formula is C18H21N3O3. The Morgan fingerprint density at radius 2 is 1.96 bits per heavy atom. The van der Waals surface area contributed by atoms with Crippen molar-refractivity contribution < 1.29 is 14.0 Å². The number of rotatable bonds is 6. The average molecular weight is 327 g/mol. The molecule has 24 heavy (non-hydrogen) atoms. The average Bonchev–Trinajstić information content (AvgIpc) is 3.07. The van der Waals surface area contributed by atoms with Crippen LogP contribution in [0.15, 0.2) is 58.7 Å². The van der Waals surface area contributed by atoms with E-state index in [-0.39, 0.29) is 17.7 Å². The molecule has 6 nitrogen and oxygen atoms in total. The maximum atomic E-state index is 11.9. The first kappa shape index (κ1) is 17.3. The van der Waals surface area contributed by atoms with E-state index in [4.69, 9.17) is 4.42 Å². The largest absolute Gasteiger partial charge is 0.459 e. The van der Waals surface area contributed by atoms with Gasteiger partial charge in [0.25, 0.3) is 5.91 Å². The summed E-state index contributed by atoms with van der Waals surface area (Å²) >= 11 is 0. The highest BCUT2D eigenvalue weighted by Gasteiger charge is 2.08. The smallest absolute Gasteiger partial charge is 0.315 e. The Bertz CT molecular complexity index is 717. The van der Waals surface area contributed by atoms with Gasteiger partial charge >= 0.3 is 6.03 Å². The van der Waals surface area contributed by atoms with E-state index in [1.807, 2.05) is 32.1 Å². The van der Waals surface area contributed by atoms with Crippen LogP contribution in [0.4, 0.5) is 10.5 Å². The Kier molecular flexibility index (Phi) is 6.19. The van der Waals surface area contributed by atoms with Crippen molar-refractivity contribution >= 4 is 17.6 Å². The van der Waals surface area contributed by atoms with Crippen LogP contribution < -0.4 is 16.0 Å². The van der Waals surface area contributed by atoms with E-state index >= 15 is 0 Å². The second-order valence-corrected chi connectivity index (χ2v) is 5.48. The first-order valence-electron chi connectivity index (χ1n) is 7.63. The van der Waals surface area contributed by atoms with E-state index in [1.165, 1.54) is 6.26 Å². The van der Waals surface area contributed by atoms with Gasteiger partial charge in [-0.05, 0) is 43.7 Å². The molecule has 0 saturated heterocycles. The minimum Gasteiger partial charge on any atom is -0.459 e. The van der Waals surface area contributed by atoms with Gasteiger partial charge in [0.15, 0.2) is 5.76 Å². The zero-order valence-electron chi connectivity index (χ0n) is 13.8.